The van der Waals surface area contributed by atoms with Gasteiger partial charge in [-0.25, -0.2) is 4.52 Å². The van der Waals surface area contributed by atoms with Crippen LogP contribution in [0.1, 0.15) is 36.9 Å². The fourth-order valence-corrected chi connectivity index (χ4v) is 4.72. The Kier molecular flexibility index (Phi) is 4.82. The van der Waals surface area contributed by atoms with Crippen molar-refractivity contribution in [2.24, 2.45) is 0 Å². The van der Waals surface area contributed by atoms with Gasteiger partial charge in [0.1, 0.15) is 6.04 Å². The molecule has 0 radical (unpaired) electrons. The molecule has 5 rings (SSSR count). The maximum absolute atomic E-state index is 13.4. The summed E-state index contributed by atoms with van der Waals surface area (Å²) in [5.74, 6) is -1.34. The highest BCUT2D eigenvalue weighted by molar-refractivity contribution is 7.17. The van der Waals surface area contributed by atoms with Gasteiger partial charge in [0.2, 0.25) is 10.9 Å². The van der Waals surface area contributed by atoms with Crippen LogP contribution in [-0.2, 0) is 11.2 Å². The summed E-state index contributed by atoms with van der Waals surface area (Å²) < 4.78 is 1.67. The van der Waals surface area contributed by atoms with Gasteiger partial charge in [-0.1, -0.05) is 53.8 Å². The van der Waals surface area contributed by atoms with Gasteiger partial charge < -0.3 is 0 Å². The zero-order valence-electron chi connectivity index (χ0n) is 17.4. The molecule has 32 heavy (non-hydrogen) atoms. The smallest absolute Gasteiger partial charge is 0.262 e. The molecule has 0 spiro atoms. The molecular weight excluding hydrogens is 426 g/mol. The van der Waals surface area contributed by atoms with Crippen LogP contribution < -0.4 is 5.32 Å². The number of fused-ring (bicyclic) bond motifs is 2. The molecule has 4 aromatic rings. The number of carbonyl (C=O) groups is 3. The van der Waals surface area contributed by atoms with Crippen LogP contribution in [0.4, 0.5) is 5.95 Å². The Morgan fingerprint density at radius 1 is 1.00 bits per heavy atom. The highest BCUT2D eigenvalue weighted by Crippen LogP contribution is 2.27. The normalized spacial score (nSPS) is 14.1. The van der Waals surface area contributed by atoms with Gasteiger partial charge in [0.15, 0.2) is 0 Å². The maximum Gasteiger partial charge on any atom is 0.262 e. The van der Waals surface area contributed by atoms with E-state index < -0.39 is 23.8 Å². The molecule has 0 saturated heterocycles. The summed E-state index contributed by atoms with van der Waals surface area (Å²) in [6.45, 7) is 3.91. The average Bonchev–Trinajstić information content (AvgIpc) is 3.39. The first kappa shape index (κ1) is 20.1. The van der Waals surface area contributed by atoms with Gasteiger partial charge in [-0.05, 0) is 31.5 Å². The minimum absolute atomic E-state index is 0.138. The highest BCUT2D eigenvalue weighted by Gasteiger charge is 2.42. The van der Waals surface area contributed by atoms with Crippen LogP contribution in [-0.4, -0.2) is 43.3 Å². The molecule has 8 nitrogen and oxygen atoms in total. The molecule has 0 aliphatic carbocycles. The van der Waals surface area contributed by atoms with Gasteiger partial charge >= 0.3 is 0 Å². The Morgan fingerprint density at radius 3 is 2.25 bits per heavy atom. The number of imide groups is 1. The molecule has 9 heteroatoms. The molecule has 160 valence electrons. The Labute approximate surface area is 187 Å². The summed E-state index contributed by atoms with van der Waals surface area (Å²) in [6.07, 6.45) is 0.179. The van der Waals surface area contributed by atoms with Gasteiger partial charge in [-0.15, -0.1) is 5.10 Å². The third-order valence-electron chi connectivity index (χ3n) is 5.60. The van der Waals surface area contributed by atoms with Crippen LogP contribution >= 0.6 is 11.3 Å². The first-order valence-electron chi connectivity index (χ1n) is 10.1. The van der Waals surface area contributed by atoms with E-state index in [9.17, 15) is 14.4 Å². The quantitative estimate of drug-likeness (QED) is 0.476. The lowest BCUT2D eigenvalue weighted by Crippen LogP contribution is -2.48. The number of anilines is 1. The lowest BCUT2D eigenvalue weighted by molar-refractivity contribution is -0.120. The van der Waals surface area contributed by atoms with Crippen LogP contribution in [0.15, 0.2) is 54.6 Å². The molecular formula is C23H19N5O3S. The van der Waals surface area contributed by atoms with Gasteiger partial charge in [0.25, 0.3) is 17.8 Å². The van der Waals surface area contributed by atoms with E-state index in [2.05, 4.69) is 15.4 Å². The number of carbonyl (C=O) groups excluding carboxylic acids is 3. The van der Waals surface area contributed by atoms with Gasteiger partial charge in [0.05, 0.1) is 16.8 Å². The lowest BCUT2D eigenvalue weighted by atomic mass is 10.0. The first-order valence-corrected chi connectivity index (χ1v) is 10.9. The SMILES string of the molecule is Cc1sc2nc(NC(=O)C(Cc3ccccc3)N3C(=O)c4ccccc4C3=O)nn2c1C. The predicted octanol–water partition coefficient (Wildman–Crippen LogP) is 3.25. The number of hydrogen-bond acceptors (Lipinski definition) is 6. The van der Waals surface area contributed by atoms with Crippen LogP contribution in [0.2, 0.25) is 0 Å². The van der Waals surface area contributed by atoms with Gasteiger partial charge in [-0.3, -0.25) is 24.6 Å². The van der Waals surface area contributed by atoms with E-state index in [0.717, 1.165) is 21.0 Å². The summed E-state index contributed by atoms with van der Waals surface area (Å²) in [5.41, 5.74) is 2.37. The topological polar surface area (TPSA) is 96.7 Å². The molecule has 3 heterocycles. The van der Waals surface area contributed by atoms with Crippen LogP contribution in [0.5, 0.6) is 0 Å². The number of amides is 3. The summed E-state index contributed by atoms with van der Waals surface area (Å²) in [5, 5.41) is 7.07. The third kappa shape index (κ3) is 3.27. The molecule has 2 aromatic carbocycles. The fraction of sp³-hybridized carbons (Fsp3) is 0.174. The fourth-order valence-electron chi connectivity index (χ4n) is 3.82. The molecule has 1 N–H and O–H groups in total. The summed E-state index contributed by atoms with van der Waals surface area (Å²) in [7, 11) is 0. The molecule has 0 bridgehead atoms. The molecule has 0 fully saturated rings. The Bertz CT molecular complexity index is 1340. The van der Waals surface area contributed by atoms with Crippen LogP contribution in [0.25, 0.3) is 4.96 Å². The zero-order chi connectivity index (χ0) is 22.4. The van der Waals surface area contributed by atoms with Crippen molar-refractivity contribution < 1.29 is 14.4 Å². The average molecular weight is 446 g/mol. The van der Waals surface area contributed by atoms with E-state index in [0.29, 0.717) is 16.1 Å². The van der Waals surface area contributed by atoms with Crippen molar-refractivity contribution in [3.05, 3.63) is 81.9 Å². The van der Waals surface area contributed by atoms with Crippen molar-refractivity contribution >= 4 is 40.0 Å². The minimum Gasteiger partial charge on any atom is -0.291 e. The molecule has 1 aliphatic rings. The van der Waals surface area contributed by atoms with Crippen molar-refractivity contribution in [3.8, 4) is 0 Å². The Morgan fingerprint density at radius 2 is 1.62 bits per heavy atom. The van der Waals surface area contributed by atoms with Crippen molar-refractivity contribution in [2.45, 2.75) is 26.3 Å². The summed E-state index contributed by atoms with van der Waals surface area (Å²) in [4.78, 5) is 46.7. The van der Waals surface area contributed by atoms with Crippen LogP contribution in [0.3, 0.4) is 0 Å². The number of nitrogens with zero attached hydrogens (tertiary/aromatic N) is 4. The lowest BCUT2D eigenvalue weighted by Gasteiger charge is -2.25. The van der Waals surface area contributed by atoms with Crippen molar-refractivity contribution in [3.63, 3.8) is 0 Å². The van der Waals surface area contributed by atoms with E-state index in [-0.39, 0.29) is 12.4 Å². The van der Waals surface area contributed by atoms with E-state index in [1.807, 2.05) is 44.2 Å². The van der Waals surface area contributed by atoms with Crippen molar-refractivity contribution in [2.75, 3.05) is 5.32 Å². The molecule has 1 atom stereocenters. The minimum atomic E-state index is -1.05. The maximum atomic E-state index is 13.4. The number of aryl methyl sites for hydroxylation is 2. The van der Waals surface area contributed by atoms with E-state index in [1.165, 1.54) is 11.3 Å². The first-order chi connectivity index (χ1) is 15.4. The third-order valence-corrected chi connectivity index (χ3v) is 6.64. The highest BCUT2D eigenvalue weighted by atomic mass is 32.1. The van der Waals surface area contributed by atoms with E-state index in [1.54, 1.807) is 28.8 Å². The standard InChI is InChI=1S/C23H19N5O3S/c1-13-14(2)32-23-25-22(26-28(13)23)24-19(29)18(12-15-8-4-3-5-9-15)27-20(30)16-10-6-7-11-17(16)21(27)31/h3-11,18H,12H2,1-2H3,(H,24,26,29). The van der Waals surface area contributed by atoms with Gasteiger partial charge in [-0.2, -0.15) is 4.98 Å². The second kappa shape index (κ2) is 7.69. The molecule has 3 amide bonds. The zero-order valence-corrected chi connectivity index (χ0v) is 18.2. The number of rotatable bonds is 5. The molecule has 2 aromatic heterocycles. The number of thiazole rings is 1. The van der Waals surface area contributed by atoms with Crippen molar-refractivity contribution in [1.82, 2.24) is 19.5 Å². The summed E-state index contributed by atoms with van der Waals surface area (Å²) in [6, 6.07) is 14.8. The van der Waals surface area contributed by atoms with E-state index >= 15 is 0 Å². The largest absolute Gasteiger partial charge is 0.291 e. The number of hydrogen-bond donors (Lipinski definition) is 1. The molecule has 1 aliphatic heterocycles. The summed E-state index contributed by atoms with van der Waals surface area (Å²) >= 11 is 1.47. The van der Waals surface area contributed by atoms with Gasteiger partial charge in [0, 0.05) is 11.3 Å². The second-order valence-electron chi connectivity index (χ2n) is 7.59. The second-order valence-corrected chi connectivity index (χ2v) is 8.78. The monoisotopic (exact) mass is 445 g/mol. The number of aromatic nitrogens is 3. The predicted molar refractivity (Wildman–Crippen MR) is 120 cm³/mol. The number of nitrogens with one attached hydrogen (secondary N) is 1. The Balaban J connectivity index is 1.48. The van der Waals surface area contributed by atoms with E-state index in [4.69, 9.17) is 0 Å². The Hall–Kier alpha value is -3.85. The van der Waals surface area contributed by atoms with Crippen LogP contribution in [0, 0.1) is 13.8 Å². The molecule has 0 saturated carbocycles. The molecule has 1 unspecified atom stereocenters. The number of benzene rings is 2. The van der Waals surface area contributed by atoms with Crippen molar-refractivity contribution in [1.29, 1.82) is 0 Å².